The number of rotatable bonds is 4. The number of ether oxygens (including phenoxy) is 1. The molecule has 20 heavy (non-hydrogen) atoms. The van der Waals surface area contributed by atoms with Gasteiger partial charge in [-0.3, -0.25) is 0 Å². The summed E-state index contributed by atoms with van der Waals surface area (Å²) in [6.45, 7) is 2.53. The first-order valence-corrected chi connectivity index (χ1v) is 6.08. The zero-order valence-electron chi connectivity index (χ0n) is 10.9. The zero-order chi connectivity index (χ0) is 14.6. The van der Waals surface area contributed by atoms with Crippen LogP contribution in [0.4, 0.5) is 18.9 Å². The number of benzene rings is 2. The van der Waals surface area contributed by atoms with Gasteiger partial charge < -0.3 is 10.1 Å². The van der Waals surface area contributed by atoms with Gasteiger partial charge in [-0.25, -0.2) is 0 Å². The highest BCUT2D eigenvalue weighted by Gasteiger charge is 2.31. The van der Waals surface area contributed by atoms with E-state index in [2.05, 4.69) is 10.1 Å². The molecule has 0 aliphatic heterocycles. The standard InChI is InChI=1S/C15H14F3NO/c1-11-4-2-5-12(8-11)10-19-13-6-3-7-14(9-13)20-15(16,17)18/h2-9,19H,10H2,1H3. The molecular formula is C15H14F3NO. The smallest absolute Gasteiger partial charge is 0.406 e. The molecular weight excluding hydrogens is 267 g/mol. The molecule has 0 atom stereocenters. The Kier molecular flexibility index (Phi) is 4.17. The van der Waals surface area contributed by atoms with Crippen LogP contribution in [0, 0.1) is 6.92 Å². The Bertz CT molecular complexity index is 581. The second-order valence-electron chi connectivity index (χ2n) is 4.42. The Morgan fingerprint density at radius 1 is 1.05 bits per heavy atom. The molecule has 2 aromatic carbocycles. The summed E-state index contributed by atoms with van der Waals surface area (Å²) in [7, 11) is 0. The van der Waals surface area contributed by atoms with Gasteiger partial charge in [0.25, 0.3) is 0 Å². The highest BCUT2D eigenvalue weighted by atomic mass is 19.4. The predicted molar refractivity (Wildman–Crippen MR) is 71.6 cm³/mol. The maximum atomic E-state index is 12.1. The Morgan fingerprint density at radius 2 is 1.80 bits per heavy atom. The van der Waals surface area contributed by atoms with Gasteiger partial charge >= 0.3 is 6.36 Å². The number of alkyl halides is 3. The number of halogens is 3. The Labute approximate surface area is 115 Å². The van der Waals surface area contributed by atoms with Crippen LogP contribution in [-0.2, 0) is 6.54 Å². The van der Waals surface area contributed by atoms with E-state index in [9.17, 15) is 13.2 Å². The van der Waals surface area contributed by atoms with Gasteiger partial charge in [-0.1, -0.05) is 35.9 Å². The maximum Gasteiger partial charge on any atom is 0.573 e. The van der Waals surface area contributed by atoms with Crippen molar-refractivity contribution in [1.29, 1.82) is 0 Å². The summed E-state index contributed by atoms with van der Waals surface area (Å²) in [6, 6.07) is 13.7. The summed E-state index contributed by atoms with van der Waals surface area (Å²) in [5.41, 5.74) is 2.78. The minimum absolute atomic E-state index is 0.230. The fourth-order valence-electron chi connectivity index (χ4n) is 1.83. The molecule has 0 fully saturated rings. The van der Waals surface area contributed by atoms with Crippen LogP contribution in [0.3, 0.4) is 0 Å². The molecule has 0 spiro atoms. The van der Waals surface area contributed by atoms with Gasteiger partial charge in [-0.05, 0) is 24.6 Å². The summed E-state index contributed by atoms with van der Waals surface area (Å²) in [4.78, 5) is 0. The van der Waals surface area contributed by atoms with E-state index in [1.807, 2.05) is 31.2 Å². The largest absolute Gasteiger partial charge is 0.573 e. The number of nitrogens with one attached hydrogen (secondary N) is 1. The number of hydrogen-bond acceptors (Lipinski definition) is 2. The molecule has 0 unspecified atom stereocenters. The van der Waals surface area contributed by atoms with Crippen molar-refractivity contribution < 1.29 is 17.9 Å². The van der Waals surface area contributed by atoms with Crippen LogP contribution in [0.1, 0.15) is 11.1 Å². The van der Waals surface area contributed by atoms with Crippen molar-refractivity contribution in [2.45, 2.75) is 19.8 Å². The average molecular weight is 281 g/mol. The first-order chi connectivity index (χ1) is 9.42. The van der Waals surface area contributed by atoms with E-state index >= 15 is 0 Å². The van der Waals surface area contributed by atoms with Gasteiger partial charge in [0.15, 0.2) is 0 Å². The van der Waals surface area contributed by atoms with Crippen molar-refractivity contribution in [1.82, 2.24) is 0 Å². The lowest BCUT2D eigenvalue weighted by Crippen LogP contribution is -2.17. The lowest BCUT2D eigenvalue weighted by Gasteiger charge is -2.11. The fourth-order valence-corrected chi connectivity index (χ4v) is 1.83. The molecule has 2 nitrogen and oxygen atoms in total. The first kappa shape index (κ1) is 14.2. The van der Waals surface area contributed by atoms with Gasteiger partial charge in [0.1, 0.15) is 5.75 Å². The summed E-state index contributed by atoms with van der Waals surface area (Å²) in [5.74, 6) is -0.230. The van der Waals surface area contributed by atoms with E-state index in [0.717, 1.165) is 11.1 Å². The fraction of sp³-hybridized carbons (Fsp3) is 0.200. The SMILES string of the molecule is Cc1cccc(CNc2cccc(OC(F)(F)F)c2)c1. The maximum absolute atomic E-state index is 12.1. The Morgan fingerprint density at radius 3 is 2.50 bits per heavy atom. The van der Waals surface area contributed by atoms with Gasteiger partial charge in [0, 0.05) is 18.3 Å². The molecule has 0 aliphatic carbocycles. The molecule has 0 saturated carbocycles. The Balaban J connectivity index is 2.01. The molecule has 106 valence electrons. The van der Waals surface area contributed by atoms with Crippen LogP contribution in [0.2, 0.25) is 0 Å². The van der Waals surface area contributed by atoms with E-state index < -0.39 is 6.36 Å². The molecule has 0 aliphatic rings. The third kappa shape index (κ3) is 4.50. The molecule has 5 heteroatoms. The molecule has 0 radical (unpaired) electrons. The van der Waals surface area contributed by atoms with Gasteiger partial charge in [-0.15, -0.1) is 13.2 Å². The number of hydrogen-bond donors (Lipinski definition) is 1. The minimum Gasteiger partial charge on any atom is -0.406 e. The molecule has 0 bridgehead atoms. The van der Waals surface area contributed by atoms with Crippen LogP contribution in [-0.4, -0.2) is 6.36 Å². The molecule has 2 rings (SSSR count). The van der Waals surface area contributed by atoms with Crippen molar-refractivity contribution in [3.63, 3.8) is 0 Å². The van der Waals surface area contributed by atoms with E-state index in [-0.39, 0.29) is 5.75 Å². The monoisotopic (exact) mass is 281 g/mol. The quantitative estimate of drug-likeness (QED) is 0.890. The van der Waals surface area contributed by atoms with E-state index in [1.54, 1.807) is 6.07 Å². The first-order valence-electron chi connectivity index (χ1n) is 6.08. The summed E-state index contributed by atoms with van der Waals surface area (Å²) >= 11 is 0. The van der Waals surface area contributed by atoms with E-state index in [1.165, 1.54) is 18.2 Å². The van der Waals surface area contributed by atoms with Gasteiger partial charge in [0.05, 0.1) is 0 Å². The summed E-state index contributed by atoms with van der Waals surface area (Å²) < 4.78 is 40.3. The van der Waals surface area contributed by atoms with Crippen molar-refractivity contribution in [2.75, 3.05) is 5.32 Å². The highest BCUT2D eigenvalue weighted by Crippen LogP contribution is 2.25. The van der Waals surface area contributed by atoms with Crippen molar-refractivity contribution in [3.8, 4) is 5.75 Å². The summed E-state index contributed by atoms with van der Waals surface area (Å²) in [6.07, 6.45) is -4.67. The normalized spacial score (nSPS) is 11.2. The third-order valence-corrected chi connectivity index (χ3v) is 2.65. The van der Waals surface area contributed by atoms with Crippen molar-refractivity contribution in [3.05, 3.63) is 59.7 Å². The van der Waals surface area contributed by atoms with E-state index in [0.29, 0.717) is 12.2 Å². The molecule has 2 aromatic rings. The van der Waals surface area contributed by atoms with Crippen molar-refractivity contribution in [2.24, 2.45) is 0 Å². The molecule has 1 N–H and O–H groups in total. The van der Waals surface area contributed by atoms with Crippen LogP contribution >= 0.6 is 0 Å². The Hall–Kier alpha value is -2.17. The molecule has 0 aromatic heterocycles. The van der Waals surface area contributed by atoms with Gasteiger partial charge in [0.2, 0.25) is 0 Å². The molecule has 0 amide bonds. The number of anilines is 1. The average Bonchev–Trinajstić information content (AvgIpc) is 2.35. The zero-order valence-corrected chi connectivity index (χ0v) is 10.9. The second-order valence-corrected chi connectivity index (χ2v) is 4.42. The lowest BCUT2D eigenvalue weighted by atomic mass is 10.1. The van der Waals surface area contributed by atoms with E-state index in [4.69, 9.17) is 0 Å². The van der Waals surface area contributed by atoms with Crippen molar-refractivity contribution >= 4 is 5.69 Å². The second kappa shape index (κ2) is 5.86. The highest BCUT2D eigenvalue weighted by molar-refractivity contribution is 5.48. The van der Waals surface area contributed by atoms with Crippen LogP contribution < -0.4 is 10.1 Å². The third-order valence-electron chi connectivity index (χ3n) is 2.65. The van der Waals surface area contributed by atoms with Gasteiger partial charge in [-0.2, -0.15) is 0 Å². The van der Waals surface area contributed by atoms with Crippen LogP contribution in [0.15, 0.2) is 48.5 Å². The molecule has 0 saturated heterocycles. The number of aryl methyl sites for hydroxylation is 1. The predicted octanol–water partition coefficient (Wildman–Crippen LogP) is 4.51. The summed E-state index contributed by atoms with van der Waals surface area (Å²) in [5, 5.41) is 3.07. The van der Waals surface area contributed by atoms with Crippen LogP contribution in [0.5, 0.6) is 5.75 Å². The molecule has 0 heterocycles. The minimum atomic E-state index is -4.67. The van der Waals surface area contributed by atoms with Crippen LogP contribution in [0.25, 0.3) is 0 Å². The topological polar surface area (TPSA) is 21.3 Å². The lowest BCUT2D eigenvalue weighted by molar-refractivity contribution is -0.274.